The van der Waals surface area contributed by atoms with Crippen molar-refractivity contribution in [3.63, 3.8) is 0 Å². The standard InChI is InChI=1S/C18H20N2O6S/c1-12-3-2-4-14(11-12)19-17(21)13-7-9-20(10-8-13)27(24,25)16-6-5-15(26-16)18(22)23/h2-6,11,13H,7-10H2,1H3,(H,19,21)(H,22,23). The minimum atomic E-state index is -3.92. The highest BCUT2D eigenvalue weighted by molar-refractivity contribution is 7.89. The van der Waals surface area contributed by atoms with Crippen LogP contribution in [-0.2, 0) is 14.8 Å². The minimum Gasteiger partial charge on any atom is -0.475 e. The van der Waals surface area contributed by atoms with Crippen LogP contribution in [0.15, 0.2) is 45.9 Å². The molecular weight excluding hydrogens is 372 g/mol. The number of hydrogen-bond donors (Lipinski definition) is 2. The first-order valence-electron chi connectivity index (χ1n) is 8.48. The van der Waals surface area contributed by atoms with Crippen molar-refractivity contribution in [3.05, 3.63) is 47.7 Å². The van der Waals surface area contributed by atoms with E-state index in [9.17, 15) is 18.0 Å². The molecule has 0 atom stereocenters. The molecule has 0 unspecified atom stereocenters. The van der Waals surface area contributed by atoms with Crippen molar-refractivity contribution in [1.29, 1.82) is 0 Å². The minimum absolute atomic E-state index is 0.135. The maximum absolute atomic E-state index is 12.6. The number of amides is 1. The Hall–Kier alpha value is -2.65. The molecule has 0 aliphatic carbocycles. The van der Waals surface area contributed by atoms with Crippen LogP contribution in [-0.4, -0.2) is 42.8 Å². The number of anilines is 1. The zero-order valence-electron chi connectivity index (χ0n) is 14.7. The van der Waals surface area contributed by atoms with Gasteiger partial charge < -0.3 is 14.8 Å². The van der Waals surface area contributed by atoms with Gasteiger partial charge in [0.15, 0.2) is 0 Å². The van der Waals surface area contributed by atoms with Crippen molar-refractivity contribution < 1.29 is 27.5 Å². The lowest BCUT2D eigenvalue weighted by atomic mass is 9.97. The number of carboxylic acid groups (broad SMARTS) is 1. The van der Waals surface area contributed by atoms with E-state index in [4.69, 9.17) is 9.52 Å². The molecule has 1 aliphatic rings. The number of nitrogens with one attached hydrogen (secondary N) is 1. The normalized spacial score (nSPS) is 16.2. The molecule has 8 nitrogen and oxygen atoms in total. The van der Waals surface area contributed by atoms with Crippen LogP contribution in [0.1, 0.15) is 29.0 Å². The SMILES string of the molecule is Cc1cccc(NC(=O)C2CCN(S(=O)(=O)c3ccc(C(=O)O)o3)CC2)c1. The highest BCUT2D eigenvalue weighted by Gasteiger charge is 2.34. The highest BCUT2D eigenvalue weighted by atomic mass is 32.2. The summed E-state index contributed by atoms with van der Waals surface area (Å²) in [6.07, 6.45) is 0.757. The molecule has 1 aromatic heterocycles. The summed E-state index contributed by atoms with van der Waals surface area (Å²) in [6.45, 7) is 2.26. The Morgan fingerprint density at radius 3 is 2.48 bits per heavy atom. The number of aromatic carboxylic acids is 1. The average Bonchev–Trinajstić information content (AvgIpc) is 3.13. The molecule has 1 aromatic carbocycles. The molecular formula is C18H20N2O6S. The van der Waals surface area contributed by atoms with E-state index in [0.29, 0.717) is 18.5 Å². The second kappa shape index (κ2) is 7.53. The summed E-state index contributed by atoms with van der Waals surface area (Å²) in [5.41, 5.74) is 1.75. The van der Waals surface area contributed by atoms with Crippen LogP contribution in [0.4, 0.5) is 5.69 Å². The van der Waals surface area contributed by atoms with Crippen molar-refractivity contribution in [2.45, 2.75) is 24.9 Å². The maximum atomic E-state index is 12.6. The summed E-state index contributed by atoms with van der Waals surface area (Å²) in [6, 6.07) is 9.71. The van der Waals surface area contributed by atoms with Crippen molar-refractivity contribution in [1.82, 2.24) is 4.31 Å². The van der Waals surface area contributed by atoms with Gasteiger partial charge in [0.05, 0.1) is 0 Å². The Morgan fingerprint density at radius 1 is 1.19 bits per heavy atom. The zero-order valence-corrected chi connectivity index (χ0v) is 15.5. The van der Waals surface area contributed by atoms with Crippen molar-refractivity contribution in [3.8, 4) is 0 Å². The molecule has 2 heterocycles. The fraction of sp³-hybridized carbons (Fsp3) is 0.333. The van der Waals surface area contributed by atoms with Gasteiger partial charge in [0, 0.05) is 24.7 Å². The third kappa shape index (κ3) is 4.20. The lowest BCUT2D eigenvalue weighted by Gasteiger charge is -2.29. The van der Waals surface area contributed by atoms with Gasteiger partial charge in [-0.25, -0.2) is 13.2 Å². The van der Waals surface area contributed by atoms with Crippen LogP contribution < -0.4 is 5.32 Å². The quantitative estimate of drug-likeness (QED) is 0.806. The van der Waals surface area contributed by atoms with Crippen molar-refractivity contribution in [2.24, 2.45) is 5.92 Å². The van der Waals surface area contributed by atoms with E-state index in [1.807, 2.05) is 25.1 Å². The van der Waals surface area contributed by atoms with Gasteiger partial charge in [0.2, 0.25) is 16.8 Å². The number of nitrogens with zero attached hydrogens (tertiary/aromatic N) is 1. The van der Waals surface area contributed by atoms with Crippen molar-refractivity contribution in [2.75, 3.05) is 18.4 Å². The second-order valence-electron chi connectivity index (χ2n) is 6.46. The van der Waals surface area contributed by atoms with Crippen LogP contribution in [0.5, 0.6) is 0 Å². The fourth-order valence-corrected chi connectivity index (χ4v) is 4.41. The molecule has 0 radical (unpaired) electrons. The van der Waals surface area contributed by atoms with E-state index >= 15 is 0 Å². The van der Waals surface area contributed by atoms with Crippen LogP contribution in [0, 0.1) is 12.8 Å². The van der Waals surface area contributed by atoms with Gasteiger partial charge >= 0.3 is 5.97 Å². The first-order valence-corrected chi connectivity index (χ1v) is 9.92. The number of sulfonamides is 1. The highest BCUT2D eigenvalue weighted by Crippen LogP contribution is 2.26. The van der Waals surface area contributed by atoms with E-state index < -0.39 is 26.8 Å². The summed E-state index contributed by atoms with van der Waals surface area (Å²) >= 11 is 0. The molecule has 1 aliphatic heterocycles. The lowest BCUT2D eigenvalue weighted by Crippen LogP contribution is -2.41. The Balaban J connectivity index is 1.62. The third-order valence-corrected chi connectivity index (χ3v) is 6.27. The molecule has 2 aromatic rings. The molecule has 27 heavy (non-hydrogen) atoms. The topological polar surface area (TPSA) is 117 Å². The molecule has 144 valence electrons. The summed E-state index contributed by atoms with van der Waals surface area (Å²) in [4.78, 5) is 23.3. The van der Waals surface area contributed by atoms with E-state index in [-0.39, 0.29) is 24.9 Å². The maximum Gasteiger partial charge on any atom is 0.371 e. The Kier molecular flexibility index (Phi) is 5.33. The first-order chi connectivity index (χ1) is 12.8. The molecule has 1 saturated heterocycles. The number of piperidine rings is 1. The van der Waals surface area contributed by atoms with Gasteiger partial charge in [-0.2, -0.15) is 4.31 Å². The van der Waals surface area contributed by atoms with Crippen molar-refractivity contribution >= 4 is 27.6 Å². The number of carbonyl (C=O) groups excluding carboxylic acids is 1. The number of carboxylic acids is 1. The molecule has 0 spiro atoms. The van der Waals surface area contributed by atoms with Gasteiger partial charge in [-0.3, -0.25) is 4.79 Å². The first kappa shape index (κ1) is 19.1. The molecule has 1 amide bonds. The van der Waals surface area contributed by atoms with Crippen LogP contribution in [0.3, 0.4) is 0 Å². The van der Waals surface area contributed by atoms with E-state index in [2.05, 4.69) is 5.32 Å². The van der Waals surface area contributed by atoms with Crippen LogP contribution in [0.25, 0.3) is 0 Å². The second-order valence-corrected chi connectivity index (χ2v) is 8.33. The number of carbonyl (C=O) groups is 2. The summed E-state index contributed by atoms with van der Waals surface area (Å²) in [7, 11) is -3.92. The fourth-order valence-electron chi connectivity index (χ4n) is 3.03. The van der Waals surface area contributed by atoms with E-state index in [1.165, 1.54) is 4.31 Å². The molecule has 3 rings (SSSR count). The van der Waals surface area contributed by atoms with Gasteiger partial charge in [-0.1, -0.05) is 12.1 Å². The summed E-state index contributed by atoms with van der Waals surface area (Å²) in [5, 5.41) is 11.3. The lowest BCUT2D eigenvalue weighted by molar-refractivity contribution is -0.120. The Morgan fingerprint density at radius 2 is 1.89 bits per heavy atom. The van der Waals surface area contributed by atoms with E-state index in [0.717, 1.165) is 17.7 Å². The largest absolute Gasteiger partial charge is 0.475 e. The molecule has 1 fully saturated rings. The van der Waals surface area contributed by atoms with Gasteiger partial charge in [0.1, 0.15) is 0 Å². The number of benzene rings is 1. The third-order valence-electron chi connectivity index (χ3n) is 4.50. The number of rotatable bonds is 5. The summed E-state index contributed by atoms with van der Waals surface area (Å²) < 4.78 is 31.3. The van der Waals surface area contributed by atoms with Crippen LogP contribution in [0.2, 0.25) is 0 Å². The van der Waals surface area contributed by atoms with Gasteiger partial charge in [-0.15, -0.1) is 0 Å². The summed E-state index contributed by atoms with van der Waals surface area (Å²) in [5.74, 6) is -2.18. The smallest absolute Gasteiger partial charge is 0.371 e. The molecule has 0 saturated carbocycles. The zero-order chi connectivity index (χ0) is 19.6. The number of aryl methyl sites for hydroxylation is 1. The molecule has 2 N–H and O–H groups in total. The van der Waals surface area contributed by atoms with Gasteiger partial charge in [0.25, 0.3) is 10.0 Å². The monoisotopic (exact) mass is 392 g/mol. The van der Waals surface area contributed by atoms with E-state index in [1.54, 1.807) is 6.07 Å². The molecule has 0 bridgehead atoms. The van der Waals surface area contributed by atoms with Gasteiger partial charge in [-0.05, 0) is 49.6 Å². The number of furan rings is 1. The Bertz CT molecular complexity index is 958. The molecule has 9 heteroatoms. The Labute approximate surface area is 156 Å². The predicted octanol–water partition coefficient (Wildman–Crippen LogP) is 2.33. The van der Waals surface area contributed by atoms with Crippen LogP contribution >= 0.6 is 0 Å². The predicted molar refractivity (Wildman–Crippen MR) is 97.0 cm³/mol. The number of hydrogen-bond acceptors (Lipinski definition) is 5. The average molecular weight is 392 g/mol.